The Bertz CT molecular complexity index is 1180. The predicted octanol–water partition coefficient (Wildman–Crippen LogP) is 5.33. The third-order valence-corrected chi connectivity index (χ3v) is 5.36. The fourth-order valence-electron chi connectivity index (χ4n) is 3.61. The number of aromatic amines is 1. The first-order chi connectivity index (χ1) is 16.2. The van der Waals surface area contributed by atoms with Crippen LogP contribution in [0, 0.1) is 25.5 Å². The van der Waals surface area contributed by atoms with Crippen molar-refractivity contribution in [2.24, 2.45) is 0 Å². The number of rotatable bonds is 8. The minimum Gasteiger partial charge on any atom is -0.497 e. The lowest BCUT2D eigenvalue weighted by Gasteiger charge is -2.24. The number of hydrogen-bond acceptors (Lipinski definition) is 4. The van der Waals surface area contributed by atoms with Gasteiger partial charge in [-0.05, 0) is 56.2 Å². The van der Waals surface area contributed by atoms with Gasteiger partial charge in [0.2, 0.25) is 0 Å². The molecule has 0 saturated heterocycles. The molecule has 0 bridgehead atoms. The molecule has 0 aliphatic carbocycles. The van der Waals surface area contributed by atoms with Crippen molar-refractivity contribution in [1.29, 1.82) is 0 Å². The number of urea groups is 1. The molecular weight excluding hydrogens is 444 g/mol. The molecule has 2 amide bonds. The second-order valence-corrected chi connectivity index (χ2v) is 7.71. The van der Waals surface area contributed by atoms with Crippen molar-refractivity contribution in [3.05, 3.63) is 82.2 Å². The van der Waals surface area contributed by atoms with Gasteiger partial charge in [0.25, 0.3) is 0 Å². The van der Waals surface area contributed by atoms with Gasteiger partial charge < -0.3 is 24.7 Å². The van der Waals surface area contributed by atoms with Gasteiger partial charge in [-0.2, -0.15) is 0 Å². The van der Waals surface area contributed by atoms with Crippen molar-refractivity contribution in [2.45, 2.75) is 33.9 Å². The van der Waals surface area contributed by atoms with Crippen molar-refractivity contribution in [2.75, 3.05) is 19.0 Å². The molecule has 9 heteroatoms. The molecule has 2 N–H and O–H groups in total. The van der Waals surface area contributed by atoms with Gasteiger partial charge in [0, 0.05) is 24.0 Å². The van der Waals surface area contributed by atoms with E-state index in [0.29, 0.717) is 34.3 Å². The summed E-state index contributed by atoms with van der Waals surface area (Å²) >= 11 is 0. The van der Waals surface area contributed by atoms with Gasteiger partial charge in [0.1, 0.15) is 17.4 Å². The van der Waals surface area contributed by atoms with Gasteiger partial charge in [-0.15, -0.1) is 0 Å². The van der Waals surface area contributed by atoms with E-state index < -0.39 is 23.6 Å². The highest BCUT2D eigenvalue weighted by molar-refractivity contribution is 5.93. The van der Waals surface area contributed by atoms with Crippen LogP contribution in [0.3, 0.4) is 0 Å². The third kappa shape index (κ3) is 5.72. The Kier molecular flexibility index (Phi) is 7.88. The maximum Gasteiger partial charge on any atom is 0.340 e. The summed E-state index contributed by atoms with van der Waals surface area (Å²) in [6, 6.07) is 9.51. The number of aromatic nitrogens is 1. The minimum atomic E-state index is -0.880. The Hall–Kier alpha value is -3.88. The van der Waals surface area contributed by atoms with Crippen LogP contribution in [0.4, 0.5) is 19.3 Å². The molecule has 7 nitrogen and oxygen atoms in total. The van der Waals surface area contributed by atoms with Crippen LogP contribution in [-0.4, -0.2) is 35.6 Å². The summed E-state index contributed by atoms with van der Waals surface area (Å²) in [6.07, 6.45) is 0. The molecule has 0 atom stereocenters. The van der Waals surface area contributed by atoms with E-state index in [0.717, 1.165) is 17.7 Å². The van der Waals surface area contributed by atoms with Crippen LogP contribution in [0.25, 0.3) is 0 Å². The normalized spacial score (nSPS) is 10.6. The zero-order chi connectivity index (χ0) is 24.8. The number of nitrogens with one attached hydrogen (secondary N) is 2. The average molecular weight is 472 g/mol. The Labute approximate surface area is 196 Å². The molecule has 0 aliphatic heterocycles. The summed E-state index contributed by atoms with van der Waals surface area (Å²) in [5.74, 6) is -1.40. The number of aryl methyl sites for hydroxylation is 1. The number of amides is 2. The molecule has 1 heterocycles. The summed E-state index contributed by atoms with van der Waals surface area (Å²) in [6.45, 7) is 5.79. The molecule has 0 aliphatic rings. The number of benzene rings is 2. The summed E-state index contributed by atoms with van der Waals surface area (Å²) in [4.78, 5) is 30.1. The van der Waals surface area contributed by atoms with Gasteiger partial charge in [-0.1, -0.05) is 12.1 Å². The van der Waals surface area contributed by atoms with E-state index in [9.17, 15) is 18.4 Å². The zero-order valence-corrected chi connectivity index (χ0v) is 19.5. The maximum atomic E-state index is 14.1. The second-order valence-electron chi connectivity index (χ2n) is 7.71. The lowest BCUT2D eigenvalue weighted by Crippen LogP contribution is -2.34. The number of carbonyl (C=O) groups is 2. The van der Waals surface area contributed by atoms with E-state index in [4.69, 9.17) is 9.47 Å². The number of ether oxygens (including phenoxy) is 2. The largest absolute Gasteiger partial charge is 0.497 e. The highest BCUT2D eigenvalue weighted by Gasteiger charge is 2.23. The molecule has 3 aromatic rings. The van der Waals surface area contributed by atoms with Crippen molar-refractivity contribution in [3.63, 3.8) is 0 Å². The fraction of sp³-hybridized carbons (Fsp3) is 0.280. The first kappa shape index (κ1) is 24.8. The van der Waals surface area contributed by atoms with Crippen molar-refractivity contribution < 1.29 is 27.8 Å². The minimum absolute atomic E-state index is 0.104. The van der Waals surface area contributed by atoms with Crippen LogP contribution < -0.4 is 10.1 Å². The number of anilines is 1. The van der Waals surface area contributed by atoms with E-state index in [1.54, 1.807) is 40.0 Å². The molecule has 0 unspecified atom stereocenters. The number of nitrogens with zero attached hydrogens (tertiary/aromatic N) is 1. The van der Waals surface area contributed by atoms with Crippen LogP contribution in [-0.2, 0) is 17.8 Å². The van der Waals surface area contributed by atoms with Crippen molar-refractivity contribution in [1.82, 2.24) is 9.88 Å². The third-order valence-electron chi connectivity index (χ3n) is 5.36. The Balaban J connectivity index is 1.90. The van der Waals surface area contributed by atoms with E-state index in [-0.39, 0.29) is 25.4 Å². The van der Waals surface area contributed by atoms with Gasteiger partial charge in [-0.25, -0.2) is 18.4 Å². The van der Waals surface area contributed by atoms with Gasteiger partial charge in [0.15, 0.2) is 0 Å². The van der Waals surface area contributed by atoms with Gasteiger partial charge in [-0.3, -0.25) is 0 Å². The highest BCUT2D eigenvalue weighted by atomic mass is 19.1. The molecule has 0 radical (unpaired) electrons. The zero-order valence-electron chi connectivity index (χ0n) is 19.5. The summed E-state index contributed by atoms with van der Waals surface area (Å²) < 4.78 is 37.7. The van der Waals surface area contributed by atoms with Gasteiger partial charge >= 0.3 is 12.0 Å². The SMILES string of the molecule is CCOC(=O)c1c(C)[nH]c(CN(Cc2ccc(OC)cc2)C(=O)Nc2ccc(F)cc2F)c1C. The summed E-state index contributed by atoms with van der Waals surface area (Å²) in [7, 11) is 1.56. The maximum absolute atomic E-state index is 14.1. The molecule has 0 saturated carbocycles. The molecule has 0 spiro atoms. The topological polar surface area (TPSA) is 83.7 Å². The van der Waals surface area contributed by atoms with Crippen molar-refractivity contribution in [3.8, 4) is 5.75 Å². The van der Waals surface area contributed by atoms with Crippen LogP contribution >= 0.6 is 0 Å². The molecule has 0 fully saturated rings. The highest BCUT2D eigenvalue weighted by Crippen LogP contribution is 2.23. The lowest BCUT2D eigenvalue weighted by molar-refractivity contribution is 0.0525. The summed E-state index contributed by atoms with van der Waals surface area (Å²) in [5.41, 5.74) is 3.02. The first-order valence-electron chi connectivity index (χ1n) is 10.7. The van der Waals surface area contributed by atoms with Crippen molar-refractivity contribution >= 4 is 17.7 Å². The standard InChI is InChI=1S/C25H27F2N3O4/c1-5-34-24(31)23-15(2)22(28-16(23)3)14-30(13-17-6-9-19(33-4)10-7-17)25(32)29-21-11-8-18(26)12-20(21)27/h6-12,28H,5,13-14H2,1-4H3,(H,29,32). The Morgan fingerprint density at radius 3 is 2.38 bits per heavy atom. The Morgan fingerprint density at radius 2 is 1.76 bits per heavy atom. The molecule has 34 heavy (non-hydrogen) atoms. The number of H-pyrrole nitrogens is 1. The molecule has 180 valence electrons. The first-order valence-corrected chi connectivity index (χ1v) is 10.7. The van der Waals surface area contributed by atoms with Crippen LogP contribution in [0.1, 0.15) is 39.8 Å². The predicted molar refractivity (Wildman–Crippen MR) is 124 cm³/mol. The smallest absolute Gasteiger partial charge is 0.340 e. The van der Waals surface area contributed by atoms with E-state index in [2.05, 4.69) is 10.3 Å². The van der Waals surface area contributed by atoms with E-state index in [1.807, 2.05) is 12.1 Å². The summed E-state index contributed by atoms with van der Waals surface area (Å²) in [5, 5.41) is 2.50. The molecular formula is C25H27F2N3O4. The van der Waals surface area contributed by atoms with E-state index in [1.165, 1.54) is 4.90 Å². The van der Waals surface area contributed by atoms with Crippen LogP contribution in [0.5, 0.6) is 5.75 Å². The molecule has 1 aromatic heterocycles. The monoisotopic (exact) mass is 471 g/mol. The quantitative estimate of drug-likeness (QED) is 0.435. The average Bonchev–Trinajstić information content (AvgIpc) is 3.08. The van der Waals surface area contributed by atoms with Gasteiger partial charge in [0.05, 0.1) is 31.5 Å². The van der Waals surface area contributed by atoms with Crippen LogP contribution in [0.2, 0.25) is 0 Å². The lowest BCUT2D eigenvalue weighted by atomic mass is 10.1. The number of methoxy groups -OCH3 is 1. The van der Waals surface area contributed by atoms with Crippen LogP contribution in [0.15, 0.2) is 42.5 Å². The molecule has 3 rings (SSSR count). The Morgan fingerprint density at radius 1 is 1.06 bits per heavy atom. The number of halogens is 2. The number of esters is 1. The number of carbonyl (C=O) groups excluding carboxylic acids is 2. The second kappa shape index (κ2) is 10.8. The molecule has 2 aromatic carbocycles. The fourth-order valence-corrected chi connectivity index (χ4v) is 3.61. The number of hydrogen-bond donors (Lipinski definition) is 2. The van der Waals surface area contributed by atoms with E-state index >= 15 is 0 Å².